The van der Waals surface area contributed by atoms with Gasteiger partial charge in [-0.25, -0.2) is 0 Å². The van der Waals surface area contributed by atoms with E-state index < -0.39 is 6.51 Å². The summed E-state index contributed by atoms with van der Waals surface area (Å²) in [5.41, 5.74) is 0. The molecule has 0 aliphatic carbocycles. The summed E-state index contributed by atoms with van der Waals surface area (Å²) < 4.78 is 0.199. The molecule has 0 aromatic heterocycles. The van der Waals surface area contributed by atoms with Crippen LogP contribution in [-0.2, 0) is 16.1 Å². The van der Waals surface area contributed by atoms with Gasteiger partial charge in [0.1, 0.15) is 0 Å². The summed E-state index contributed by atoms with van der Waals surface area (Å²) in [5, 5.41) is 0. The van der Waals surface area contributed by atoms with Gasteiger partial charge in [-0.3, -0.25) is 0 Å². The number of carbonyl (C=O) groups excluding carboxylic acids is 2. The molecule has 0 N–H and O–H groups in total. The fourth-order valence-electron chi connectivity index (χ4n) is 19.2. The molecule has 0 amide bonds. The molecule has 3 heteroatoms. The van der Waals surface area contributed by atoms with E-state index in [0.29, 0.717) is 23.4 Å². The van der Waals surface area contributed by atoms with Crippen molar-refractivity contribution in [2.45, 2.75) is 87.7 Å². The Morgan fingerprint density at radius 2 is 1.09 bits per heavy atom. The molecule has 0 aromatic carbocycles. The standard InChI is InChI=1S/C15H21O2.C5H5.Fe/c1-10(2)8-14(16)12-6-5-7-13(12)15(17)9-11(3)4;1-2-4-5-3-1;/h5-7,10-11H,8-9H2,1-4H3;1-5H;. The predicted octanol–water partition coefficient (Wildman–Crippen LogP) is 5.35. The number of hydrogen-bond acceptors (Lipinski definition) is 2. The summed E-state index contributed by atoms with van der Waals surface area (Å²) in [7, 11) is 0. The minimum atomic E-state index is -3.80. The molecule has 4 unspecified atom stereocenters. The van der Waals surface area contributed by atoms with E-state index in [1.165, 1.54) is 0 Å². The van der Waals surface area contributed by atoms with Gasteiger partial charge >= 0.3 is 127 Å². The van der Waals surface area contributed by atoms with Crippen molar-refractivity contribution in [2.75, 3.05) is 0 Å². The summed E-state index contributed by atoms with van der Waals surface area (Å²) in [4.78, 5) is 35.5. The maximum atomic E-state index is 13.7. The molecule has 1 spiro atoms. The first kappa shape index (κ1) is 10.8. The van der Waals surface area contributed by atoms with Crippen molar-refractivity contribution < 1.29 is 16.1 Å². The molecule has 0 saturated carbocycles. The Hall–Kier alpha value is -0.141. The third-order valence-corrected chi connectivity index (χ3v) is 59.7. The van der Waals surface area contributed by atoms with E-state index in [4.69, 9.17) is 0 Å². The van der Waals surface area contributed by atoms with E-state index in [1.54, 1.807) is 0 Å². The van der Waals surface area contributed by atoms with Gasteiger partial charge in [0, 0.05) is 0 Å². The maximum absolute atomic E-state index is 13.7. The minimum absolute atomic E-state index is 0.0995. The Balaban J connectivity index is 1.36. The van der Waals surface area contributed by atoms with Crippen LogP contribution in [0.25, 0.3) is 0 Å². The van der Waals surface area contributed by atoms with Crippen molar-refractivity contribution in [1.82, 2.24) is 0 Å². The molecule has 126 valence electrons. The molecule has 10 heterocycles. The van der Waals surface area contributed by atoms with Gasteiger partial charge in [-0.2, -0.15) is 0 Å². The zero-order valence-electron chi connectivity index (χ0n) is 14.4. The van der Waals surface area contributed by atoms with Crippen LogP contribution in [0, 0.1) is 11.8 Å². The Morgan fingerprint density at radius 3 is 1.30 bits per heavy atom. The van der Waals surface area contributed by atoms with Crippen molar-refractivity contribution >= 4 is 11.6 Å². The number of hydrogen-bond donors (Lipinski definition) is 0. The van der Waals surface area contributed by atoms with Gasteiger partial charge in [-0.15, -0.1) is 0 Å². The van der Waals surface area contributed by atoms with Crippen LogP contribution in [0.2, 0.25) is 47.2 Å². The van der Waals surface area contributed by atoms with Crippen molar-refractivity contribution in [1.29, 1.82) is 0 Å². The quantitative estimate of drug-likeness (QED) is 0.603. The van der Waals surface area contributed by atoms with Gasteiger partial charge in [-0.1, -0.05) is 0 Å². The van der Waals surface area contributed by atoms with E-state index in [0.717, 1.165) is 51.4 Å². The molecule has 4 atom stereocenters. The summed E-state index contributed by atoms with van der Waals surface area (Å²) >= 11 is 0. The van der Waals surface area contributed by atoms with Gasteiger partial charge in [0.2, 0.25) is 0 Å². The number of ketones is 2. The van der Waals surface area contributed by atoms with Gasteiger partial charge in [0.25, 0.3) is 0 Å². The van der Waals surface area contributed by atoms with Crippen LogP contribution in [0.1, 0.15) is 40.5 Å². The van der Waals surface area contributed by atoms with Crippen LogP contribution in [0.4, 0.5) is 0 Å². The normalized spacial score (nSPS) is 94.7. The zero-order chi connectivity index (χ0) is 15.7. The van der Waals surface area contributed by atoms with Gasteiger partial charge in [0.15, 0.2) is 0 Å². The van der Waals surface area contributed by atoms with E-state index in [9.17, 15) is 9.59 Å². The molecule has 10 saturated heterocycles. The van der Waals surface area contributed by atoms with Gasteiger partial charge < -0.3 is 0 Å². The third kappa shape index (κ3) is 0.141. The fourth-order valence-corrected chi connectivity index (χ4v) is 95.1. The first-order valence-electron chi connectivity index (χ1n) is 9.89. The van der Waals surface area contributed by atoms with Crippen molar-refractivity contribution in [3.63, 3.8) is 0 Å². The first-order valence-corrected chi connectivity index (χ1v) is 16.1. The van der Waals surface area contributed by atoms with Crippen LogP contribution in [0.3, 0.4) is 0 Å². The van der Waals surface area contributed by atoms with Crippen LogP contribution < -0.4 is 0 Å². The summed E-state index contributed by atoms with van der Waals surface area (Å²) in [5.74, 6) is 2.23. The molecule has 2 nitrogen and oxygen atoms in total. The van der Waals surface area contributed by atoms with E-state index in [1.807, 2.05) is 0 Å². The second-order valence-corrected chi connectivity index (χ2v) is 37.0. The Kier molecular flexibility index (Phi) is 0.495. The van der Waals surface area contributed by atoms with E-state index in [-0.39, 0.29) is 8.63 Å². The van der Waals surface area contributed by atoms with E-state index >= 15 is 0 Å². The fraction of sp³-hybridized carbons (Fsp3) is 0.900. The van der Waals surface area contributed by atoms with Crippen molar-refractivity contribution in [2.24, 2.45) is 11.8 Å². The molecular formula is C20H26FeO2. The molecule has 0 aromatic rings. The van der Waals surface area contributed by atoms with Gasteiger partial charge in [0.05, 0.1) is 0 Å². The van der Waals surface area contributed by atoms with Crippen molar-refractivity contribution in [3.8, 4) is 0 Å². The van der Waals surface area contributed by atoms with Crippen molar-refractivity contribution in [3.05, 3.63) is 0 Å². The molecule has 23 heavy (non-hydrogen) atoms. The monoisotopic (exact) mass is 354 g/mol. The molecule has 10 rings (SSSR count). The SMILES string of the molecule is CC(C)CC(=O)[C]12[CH]3[CH]4[CH]5[C]1(C(=O)CC(C)C)[Fe]43521678[CH]2[CH]1[CH]6[CH]7[CH]28. The number of carbonyl (C=O) groups is 2. The Morgan fingerprint density at radius 1 is 0.739 bits per heavy atom. The Labute approximate surface area is 127 Å². The van der Waals surface area contributed by atoms with Crippen LogP contribution in [-0.4, -0.2) is 11.6 Å². The van der Waals surface area contributed by atoms with Gasteiger partial charge in [-0.05, 0) is 0 Å². The van der Waals surface area contributed by atoms with E-state index in [2.05, 4.69) is 27.7 Å². The van der Waals surface area contributed by atoms with Crippen LogP contribution in [0.5, 0.6) is 0 Å². The topological polar surface area (TPSA) is 34.1 Å². The molecule has 10 fully saturated rings. The average Bonchev–Trinajstić information content (AvgIpc) is 3.38. The summed E-state index contributed by atoms with van der Waals surface area (Å²) in [6, 6.07) is 0. The number of rotatable bonds is 6. The number of fused-ring (bicyclic) bond motifs is 10. The molecule has 0 bridgehead atoms. The second-order valence-electron chi connectivity index (χ2n) is 13.8. The zero-order valence-corrected chi connectivity index (χ0v) is 15.5. The molecule has 10 aliphatic rings. The van der Waals surface area contributed by atoms with Crippen LogP contribution >= 0.6 is 0 Å². The average molecular weight is 354 g/mol. The summed E-state index contributed by atoms with van der Waals surface area (Å²) in [6.45, 7) is 4.99. The molecular weight excluding hydrogens is 328 g/mol. The predicted molar refractivity (Wildman–Crippen MR) is 84.3 cm³/mol. The third-order valence-electron chi connectivity index (χ3n) is 16.9. The molecule has 10 aliphatic heterocycles. The van der Waals surface area contributed by atoms with Crippen LogP contribution in [0.15, 0.2) is 0 Å². The second kappa shape index (κ2) is 1.06. The Bertz CT molecular complexity index is 1110. The first-order chi connectivity index (χ1) is 10.6. The molecule has 0 radical (unpaired) electrons. The summed E-state index contributed by atoms with van der Waals surface area (Å²) in [6.07, 6.45) is 1.56. The number of Topliss-reactive ketones (excluding diaryl/α,β-unsaturated/α-hetero) is 2.